The van der Waals surface area contributed by atoms with Gasteiger partial charge in [0.15, 0.2) is 0 Å². The zero-order chi connectivity index (χ0) is 15.6. The van der Waals surface area contributed by atoms with E-state index in [9.17, 15) is 9.59 Å². The SMILES string of the molecule is CC(=O)N1CCN(Cc2ccc(Cl)c(Cl)c2)CC1C(N)=O. The van der Waals surface area contributed by atoms with Gasteiger partial charge in [-0.05, 0) is 17.7 Å². The third kappa shape index (κ3) is 3.87. The fourth-order valence-corrected chi connectivity index (χ4v) is 2.82. The maximum absolute atomic E-state index is 11.5. The van der Waals surface area contributed by atoms with Crippen molar-refractivity contribution in [3.8, 4) is 0 Å². The quantitative estimate of drug-likeness (QED) is 0.914. The van der Waals surface area contributed by atoms with Crippen LogP contribution in [0.25, 0.3) is 0 Å². The highest BCUT2D eigenvalue weighted by atomic mass is 35.5. The summed E-state index contributed by atoms with van der Waals surface area (Å²) in [5.74, 6) is -0.614. The second kappa shape index (κ2) is 6.64. The molecule has 2 amide bonds. The number of carbonyl (C=O) groups excluding carboxylic acids is 2. The van der Waals surface area contributed by atoms with E-state index in [2.05, 4.69) is 4.90 Å². The molecule has 1 heterocycles. The molecule has 0 saturated carbocycles. The summed E-state index contributed by atoms with van der Waals surface area (Å²) in [5, 5.41) is 1.01. The highest BCUT2D eigenvalue weighted by molar-refractivity contribution is 6.42. The van der Waals surface area contributed by atoms with Gasteiger partial charge in [0.2, 0.25) is 11.8 Å². The van der Waals surface area contributed by atoms with Gasteiger partial charge in [-0.3, -0.25) is 14.5 Å². The monoisotopic (exact) mass is 329 g/mol. The maximum atomic E-state index is 11.5. The van der Waals surface area contributed by atoms with Crippen LogP contribution in [0.1, 0.15) is 12.5 Å². The van der Waals surface area contributed by atoms with Crippen LogP contribution in [-0.2, 0) is 16.1 Å². The van der Waals surface area contributed by atoms with Crippen molar-refractivity contribution in [2.24, 2.45) is 5.73 Å². The van der Waals surface area contributed by atoms with E-state index in [1.54, 1.807) is 12.1 Å². The molecule has 0 aliphatic carbocycles. The van der Waals surface area contributed by atoms with E-state index in [4.69, 9.17) is 28.9 Å². The molecule has 2 N–H and O–H groups in total. The molecule has 7 heteroatoms. The van der Waals surface area contributed by atoms with Crippen molar-refractivity contribution in [1.29, 1.82) is 0 Å². The average molecular weight is 330 g/mol. The number of amides is 2. The highest BCUT2D eigenvalue weighted by Crippen LogP contribution is 2.23. The van der Waals surface area contributed by atoms with E-state index in [1.807, 2.05) is 6.07 Å². The minimum absolute atomic E-state index is 0.131. The lowest BCUT2D eigenvalue weighted by Gasteiger charge is -2.39. The van der Waals surface area contributed by atoms with Crippen LogP contribution in [-0.4, -0.2) is 47.3 Å². The largest absolute Gasteiger partial charge is 0.368 e. The topological polar surface area (TPSA) is 66.6 Å². The number of hydrogen-bond acceptors (Lipinski definition) is 3. The van der Waals surface area contributed by atoms with Gasteiger partial charge in [-0.1, -0.05) is 29.3 Å². The van der Waals surface area contributed by atoms with Crippen LogP contribution >= 0.6 is 23.2 Å². The minimum Gasteiger partial charge on any atom is -0.368 e. The van der Waals surface area contributed by atoms with Crippen molar-refractivity contribution in [3.05, 3.63) is 33.8 Å². The first-order valence-electron chi connectivity index (χ1n) is 6.61. The molecule has 1 saturated heterocycles. The molecule has 0 spiro atoms. The molecule has 1 aromatic rings. The zero-order valence-electron chi connectivity index (χ0n) is 11.7. The smallest absolute Gasteiger partial charge is 0.241 e. The second-order valence-corrected chi connectivity index (χ2v) is 5.93. The number of hydrogen-bond donors (Lipinski definition) is 1. The normalized spacial score (nSPS) is 19.6. The molecule has 5 nitrogen and oxygen atoms in total. The van der Waals surface area contributed by atoms with E-state index in [0.29, 0.717) is 36.2 Å². The summed E-state index contributed by atoms with van der Waals surface area (Å²) in [6.45, 7) is 3.68. The fraction of sp³-hybridized carbons (Fsp3) is 0.429. The van der Waals surface area contributed by atoms with Gasteiger partial charge in [0.1, 0.15) is 6.04 Å². The number of primary amides is 1. The molecule has 0 radical (unpaired) electrons. The molecule has 1 unspecified atom stereocenters. The third-order valence-corrected chi connectivity index (χ3v) is 4.33. The summed E-state index contributed by atoms with van der Waals surface area (Å²) < 4.78 is 0. The summed E-state index contributed by atoms with van der Waals surface area (Å²) in [5.41, 5.74) is 6.40. The van der Waals surface area contributed by atoms with E-state index >= 15 is 0 Å². The Morgan fingerprint density at radius 1 is 1.29 bits per heavy atom. The molecule has 1 atom stereocenters. The molecule has 1 fully saturated rings. The van der Waals surface area contributed by atoms with Crippen LogP contribution in [0.5, 0.6) is 0 Å². The first-order chi connectivity index (χ1) is 9.88. The molecule has 0 bridgehead atoms. The summed E-state index contributed by atoms with van der Waals surface area (Å²) in [7, 11) is 0. The Morgan fingerprint density at radius 3 is 2.57 bits per heavy atom. The number of carbonyl (C=O) groups is 2. The predicted octanol–water partition coefficient (Wildman–Crippen LogP) is 1.51. The summed E-state index contributed by atoms with van der Waals surface area (Å²) >= 11 is 11.9. The van der Waals surface area contributed by atoms with Crippen molar-refractivity contribution in [1.82, 2.24) is 9.80 Å². The number of rotatable bonds is 3. The Balaban J connectivity index is 2.07. The van der Waals surface area contributed by atoms with Crippen molar-refractivity contribution in [3.63, 3.8) is 0 Å². The van der Waals surface area contributed by atoms with Gasteiger partial charge in [-0.2, -0.15) is 0 Å². The number of piperazine rings is 1. The molecular weight excluding hydrogens is 313 g/mol. The van der Waals surface area contributed by atoms with Crippen molar-refractivity contribution < 1.29 is 9.59 Å². The van der Waals surface area contributed by atoms with Crippen LogP contribution in [0.15, 0.2) is 18.2 Å². The Hall–Kier alpha value is -1.30. The average Bonchev–Trinajstić information content (AvgIpc) is 2.42. The van der Waals surface area contributed by atoms with Crippen molar-refractivity contribution >= 4 is 35.0 Å². The van der Waals surface area contributed by atoms with Gasteiger partial charge in [0, 0.05) is 33.1 Å². The number of halogens is 2. The van der Waals surface area contributed by atoms with Gasteiger partial charge in [-0.25, -0.2) is 0 Å². The zero-order valence-corrected chi connectivity index (χ0v) is 13.2. The minimum atomic E-state index is -0.584. The van der Waals surface area contributed by atoms with Gasteiger partial charge in [0.05, 0.1) is 10.0 Å². The molecule has 2 rings (SSSR count). The van der Waals surface area contributed by atoms with Gasteiger partial charge < -0.3 is 10.6 Å². The number of nitrogens with two attached hydrogens (primary N) is 1. The van der Waals surface area contributed by atoms with Crippen LogP contribution in [0.4, 0.5) is 0 Å². The fourth-order valence-electron chi connectivity index (χ4n) is 2.50. The molecule has 21 heavy (non-hydrogen) atoms. The lowest BCUT2D eigenvalue weighted by atomic mass is 10.1. The Labute approximate surface area is 133 Å². The number of nitrogens with zero attached hydrogens (tertiary/aromatic N) is 2. The maximum Gasteiger partial charge on any atom is 0.241 e. The van der Waals surface area contributed by atoms with Gasteiger partial charge in [0.25, 0.3) is 0 Å². The predicted molar refractivity (Wildman–Crippen MR) is 82.1 cm³/mol. The van der Waals surface area contributed by atoms with Crippen LogP contribution in [0.3, 0.4) is 0 Å². The number of benzene rings is 1. The summed E-state index contributed by atoms with van der Waals surface area (Å²) in [6.07, 6.45) is 0. The Bertz CT molecular complexity index is 565. The second-order valence-electron chi connectivity index (χ2n) is 5.11. The van der Waals surface area contributed by atoms with E-state index in [-0.39, 0.29) is 5.91 Å². The van der Waals surface area contributed by atoms with Crippen LogP contribution < -0.4 is 5.73 Å². The molecule has 114 valence electrons. The van der Waals surface area contributed by atoms with Gasteiger partial charge >= 0.3 is 0 Å². The lowest BCUT2D eigenvalue weighted by molar-refractivity contribution is -0.141. The molecule has 0 aromatic heterocycles. The molecule has 1 aromatic carbocycles. The van der Waals surface area contributed by atoms with Gasteiger partial charge in [-0.15, -0.1) is 0 Å². The van der Waals surface area contributed by atoms with E-state index in [0.717, 1.165) is 5.56 Å². The first kappa shape index (κ1) is 16.1. The third-order valence-electron chi connectivity index (χ3n) is 3.59. The van der Waals surface area contributed by atoms with Crippen molar-refractivity contribution in [2.45, 2.75) is 19.5 Å². The molecular formula is C14H17Cl2N3O2. The van der Waals surface area contributed by atoms with E-state index in [1.165, 1.54) is 11.8 Å². The highest BCUT2D eigenvalue weighted by Gasteiger charge is 2.32. The summed E-state index contributed by atoms with van der Waals surface area (Å²) in [6, 6.07) is 4.86. The summed E-state index contributed by atoms with van der Waals surface area (Å²) in [4.78, 5) is 26.7. The Kier molecular flexibility index (Phi) is 5.08. The Morgan fingerprint density at radius 2 is 2.00 bits per heavy atom. The molecule has 1 aliphatic rings. The molecule has 1 aliphatic heterocycles. The standard InChI is InChI=1S/C14H17Cl2N3O2/c1-9(20)19-5-4-18(8-13(19)14(17)21)7-10-2-3-11(15)12(16)6-10/h2-3,6,13H,4-5,7-8H2,1H3,(H2,17,21). The van der Waals surface area contributed by atoms with Crippen LogP contribution in [0.2, 0.25) is 10.0 Å². The van der Waals surface area contributed by atoms with E-state index < -0.39 is 11.9 Å². The first-order valence-corrected chi connectivity index (χ1v) is 7.37. The van der Waals surface area contributed by atoms with Crippen molar-refractivity contribution in [2.75, 3.05) is 19.6 Å². The van der Waals surface area contributed by atoms with Crippen LogP contribution in [0, 0.1) is 0 Å². The lowest BCUT2D eigenvalue weighted by Crippen LogP contribution is -2.59.